The van der Waals surface area contributed by atoms with Gasteiger partial charge >= 0.3 is 0 Å². The van der Waals surface area contributed by atoms with E-state index in [1.807, 2.05) is 24.3 Å². The molecule has 0 atom stereocenters. The average molecular weight is 365 g/mol. The number of amides is 1. The van der Waals surface area contributed by atoms with Gasteiger partial charge in [0.15, 0.2) is 0 Å². The van der Waals surface area contributed by atoms with Gasteiger partial charge in [0.05, 0.1) is 10.7 Å². The number of aryl methyl sites for hydroxylation is 1. The number of hydrogen-bond acceptors (Lipinski definition) is 2. The van der Waals surface area contributed by atoms with Gasteiger partial charge in [0.25, 0.3) is 5.91 Å². The van der Waals surface area contributed by atoms with Gasteiger partial charge in [-0.05, 0) is 60.4 Å². The van der Waals surface area contributed by atoms with Crippen LogP contribution in [0.1, 0.15) is 41.3 Å². The van der Waals surface area contributed by atoms with Crippen LogP contribution in [0.4, 0.5) is 5.69 Å². The van der Waals surface area contributed by atoms with Crippen LogP contribution in [0.3, 0.4) is 0 Å². The minimum Gasteiger partial charge on any atom is -0.322 e. The third-order valence-electron chi connectivity index (χ3n) is 4.33. The number of anilines is 1. The van der Waals surface area contributed by atoms with Gasteiger partial charge in [0.2, 0.25) is 0 Å². The van der Waals surface area contributed by atoms with Crippen molar-refractivity contribution in [1.29, 1.82) is 0 Å². The molecule has 3 aromatic rings. The van der Waals surface area contributed by atoms with Gasteiger partial charge in [0.1, 0.15) is 0 Å². The number of rotatable bonds is 4. The lowest BCUT2D eigenvalue weighted by molar-refractivity contribution is 0.102. The maximum atomic E-state index is 12.5. The summed E-state index contributed by atoms with van der Waals surface area (Å²) in [5.41, 5.74) is 5.45. The minimum atomic E-state index is -0.139. The molecule has 1 amide bonds. The summed E-state index contributed by atoms with van der Waals surface area (Å²) in [4.78, 5) is 16.8. The fourth-order valence-electron chi connectivity index (χ4n) is 2.98. The summed E-state index contributed by atoms with van der Waals surface area (Å²) in [5, 5.41) is 3.54. The lowest BCUT2D eigenvalue weighted by Crippen LogP contribution is -2.12. The Morgan fingerprint density at radius 3 is 2.42 bits per heavy atom. The minimum absolute atomic E-state index is 0.139. The van der Waals surface area contributed by atoms with Crippen molar-refractivity contribution in [1.82, 2.24) is 4.98 Å². The van der Waals surface area contributed by atoms with Crippen molar-refractivity contribution in [3.63, 3.8) is 0 Å². The monoisotopic (exact) mass is 364 g/mol. The Morgan fingerprint density at radius 1 is 1.08 bits per heavy atom. The Balaban J connectivity index is 1.77. The Kier molecular flexibility index (Phi) is 5.38. The molecule has 2 aromatic carbocycles. The summed E-state index contributed by atoms with van der Waals surface area (Å²) >= 11 is 6.18. The summed E-state index contributed by atoms with van der Waals surface area (Å²) in [6.45, 7) is 6.39. The molecule has 1 N–H and O–H groups in total. The Morgan fingerprint density at radius 2 is 1.81 bits per heavy atom. The highest BCUT2D eigenvalue weighted by Crippen LogP contribution is 2.26. The average Bonchev–Trinajstić information content (AvgIpc) is 2.62. The van der Waals surface area contributed by atoms with Gasteiger partial charge in [0, 0.05) is 23.0 Å². The van der Waals surface area contributed by atoms with Crippen LogP contribution in [-0.4, -0.2) is 10.9 Å². The van der Waals surface area contributed by atoms with E-state index < -0.39 is 0 Å². The molecule has 0 unspecified atom stereocenters. The van der Waals surface area contributed by atoms with Gasteiger partial charge in [-0.1, -0.05) is 43.6 Å². The van der Waals surface area contributed by atoms with Crippen molar-refractivity contribution in [3.05, 3.63) is 82.5 Å². The highest BCUT2D eigenvalue weighted by Gasteiger charge is 2.10. The number of halogens is 1. The molecule has 0 saturated heterocycles. The Hall–Kier alpha value is -2.65. The second-order valence-corrected chi connectivity index (χ2v) is 7.00. The maximum Gasteiger partial charge on any atom is 0.255 e. The molecular weight excluding hydrogens is 344 g/mol. The predicted octanol–water partition coefficient (Wildman–Crippen LogP) is 6.09. The second-order valence-electron chi connectivity index (χ2n) is 6.59. The number of pyridine rings is 1. The standard InChI is InChI=1S/C22H21ClN2O/c1-14(2)19-11-10-18(13-15(19)3)25-22(26)17-8-6-16(7-9-17)21-20(23)5-4-12-24-21/h4-14H,1-3H3,(H,25,26). The highest BCUT2D eigenvalue weighted by atomic mass is 35.5. The van der Waals surface area contributed by atoms with Crippen LogP contribution in [0.5, 0.6) is 0 Å². The van der Waals surface area contributed by atoms with E-state index in [9.17, 15) is 4.79 Å². The number of nitrogens with one attached hydrogen (secondary N) is 1. The molecule has 1 aromatic heterocycles. The second kappa shape index (κ2) is 7.71. The largest absolute Gasteiger partial charge is 0.322 e. The summed E-state index contributed by atoms with van der Waals surface area (Å²) in [6.07, 6.45) is 1.70. The number of aromatic nitrogens is 1. The van der Waals surface area contributed by atoms with Crippen LogP contribution in [0, 0.1) is 6.92 Å². The van der Waals surface area contributed by atoms with Crippen LogP contribution in [0.15, 0.2) is 60.8 Å². The van der Waals surface area contributed by atoms with Crippen LogP contribution in [0.2, 0.25) is 5.02 Å². The van der Waals surface area contributed by atoms with Gasteiger partial charge in [-0.15, -0.1) is 0 Å². The lowest BCUT2D eigenvalue weighted by Gasteiger charge is -2.12. The smallest absolute Gasteiger partial charge is 0.255 e. The molecule has 0 aliphatic carbocycles. The zero-order chi connectivity index (χ0) is 18.7. The lowest BCUT2D eigenvalue weighted by atomic mass is 9.97. The van der Waals surface area contributed by atoms with Gasteiger partial charge in [-0.25, -0.2) is 0 Å². The van der Waals surface area contributed by atoms with E-state index in [0.29, 0.717) is 22.2 Å². The molecule has 0 spiro atoms. The molecule has 0 radical (unpaired) electrons. The zero-order valence-corrected chi connectivity index (χ0v) is 15.8. The van der Waals surface area contributed by atoms with E-state index >= 15 is 0 Å². The van der Waals surface area contributed by atoms with E-state index in [0.717, 1.165) is 11.3 Å². The van der Waals surface area contributed by atoms with E-state index in [1.54, 1.807) is 30.5 Å². The van der Waals surface area contributed by atoms with Crippen molar-refractivity contribution in [3.8, 4) is 11.3 Å². The molecule has 0 bridgehead atoms. The summed E-state index contributed by atoms with van der Waals surface area (Å²) < 4.78 is 0. The van der Waals surface area contributed by atoms with Crippen LogP contribution < -0.4 is 5.32 Å². The normalized spacial score (nSPS) is 10.8. The SMILES string of the molecule is Cc1cc(NC(=O)c2ccc(-c3ncccc3Cl)cc2)ccc1C(C)C. The molecule has 0 saturated carbocycles. The van der Waals surface area contributed by atoms with E-state index in [1.165, 1.54) is 11.1 Å². The molecule has 26 heavy (non-hydrogen) atoms. The molecule has 132 valence electrons. The summed E-state index contributed by atoms with van der Waals surface area (Å²) in [5.74, 6) is 0.325. The van der Waals surface area contributed by atoms with Gasteiger partial charge in [-0.2, -0.15) is 0 Å². The van der Waals surface area contributed by atoms with Crippen LogP contribution in [-0.2, 0) is 0 Å². The number of carbonyl (C=O) groups excluding carboxylic acids is 1. The number of hydrogen-bond donors (Lipinski definition) is 1. The summed E-state index contributed by atoms with van der Waals surface area (Å²) in [7, 11) is 0. The Labute approximate surface area is 159 Å². The maximum absolute atomic E-state index is 12.5. The summed E-state index contributed by atoms with van der Waals surface area (Å²) in [6, 6.07) is 16.9. The molecule has 3 nitrogen and oxygen atoms in total. The fraction of sp³-hybridized carbons (Fsp3) is 0.182. The van der Waals surface area contributed by atoms with Crippen molar-refractivity contribution < 1.29 is 4.79 Å². The molecule has 3 rings (SSSR count). The van der Waals surface area contributed by atoms with Crippen LogP contribution >= 0.6 is 11.6 Å². The van der Waals surface area contributed by atoms with E-state index in [2.05, 4.69) is 37.1 Å². The van der Waals surface area contributed by atoms with Crippen molar-refractivity contribution in [2.24, 2.45) is 0 Å². The first-order chi connectivity index (χ1) is 12.5. The van der Waals surface area contributed by atoms with Gasteiger partial charge < -0.3 is 5.32 Å². The Bertz CT molecular complexity index is 933. The number of carbonyl (C=O) groups is 1. The van der Waals surface area contributed by atoms with Gasteiger partial charge in [-0.3, -0.25) is 9.78 Å². The predicted molar refractivity (Wildman–Crippen MR) is 108 cm³/mol. The fourth-order valence-corrected chi connectivity index (χ4v) is 3.21. The highest BCUT2D eigenvalue weighted by molar-refractivity contribution is 6.33. The topological polar surface area (TPSA) is 42.0 Å². The van der Waals surface area contributed by atoms with Crippen LogP contribution in [0.25, 0.3) is 11.3 Å². The first-order valence-electron chi connectivity index (χ1n) is 8.58. The molecular formula is C22H21ClN2O. The first kappa shape index (κ1) is 18.2. The third-order valence-corrected chi connectivity index (χ3v) is 4.63. The molecule has 4 heteroatoms. The quantitative estimate of drug-likeness (QED) is 0.609. The molecule has 0 aliphatic heterocycles. The van der Waals surface area contributed by atoms with Crippen molar-refractivity contribution in [2.75, 3.05) is 5.32 Å². The third kappa shape index (κ3) is 3.94. The number of benzene rings is 2. The number of nitrogens with zero attached hydrogens (tertiary/aromatic N) is 1. The molecule has 1 heterocycles. The van der Waals surface area contributed by atoms with E-state index in [-0.39, 0.29) is 5.91 Å². The van der Waals surface area contributed by atoms with Crippen molar-refractivity contribution >= 4 is 23.2 Å². The first-order valence-corrected chi connectivity index (χ1v) is 8.96. The van der Waals surface area contributed by atoms with E-state index in [4.69, 9.17) is 11.6 Å². The molecule has 0 fully saturated rings. The molecule has 0 aliphatic rings. The van der Waals surface area contributed by atoms with Crippen molar-refractivity contribution in [2.45, 2.75) is 26.7 Å². The zero-order valence-electron chi connectivity index (χ0n) is 15.1.